The van der Waals surface area contributed by atoms with Crippen molar-refractivity contribution in [3.05, 3.63) is 35.4 Å². The minimum atomic E-state index is -0.293. The molecule has 0 aliphatic rings. The molecule has 12 heavy (non-hydrogen) atoms. The predicted octanol–water partition coefficient (Wildman–Crippen LogP) is -6.58. The maximum Gasteiger partial charge on any atom is 1.00 e. The Morgan fingerprint density at radius 1 is 0.833 bits per heavy atom. The molecule has 4 heteroatoms. The van der Waals surface area contributed by atoms with Crippen LogP contribution in [0.15, 0.2) is 24.3 Å². The van der Waals surface area contributed by atoms with Crippen LogP contribution in [0.4, 0.5) is 0 Å². The van der Waals surface area contributed by atoms with E-state index in [0.717, 1.165) is 0 Å². The van der Waals surface area contributed by atoms with Crippen molar-refractivity contribution in [3.63, 3.8) is 0 Å². The average Bonchev–Trinajstić information content (AvgIpc) is 2.04. The number of hydrogen-bond acceptors (Lipinski definition) is 2. The Balaban J connectivity index is 0. The molecular weight excluding hydrogens is 174 g/mol. The molecule has 0 heterocycles. The zero-order valence-electron chi connectivity index (χ0n) is 7.54. The summed E-state index contributed by atoms with van der Waals surface area (Å²) in [6.45, 7) is -0.586. The smallest absolute Gasteiger partial charge is 0.851 e. The minimum Gasteiger partial charge on any atom is -0.851 e. The van der Waals surface area contributed by atoms with Crippen LogP contribution in [0.25, 0.3) is 0 Å². The summed E-state index contributed by atoms with van der Waals surface area (Å²) < 4.78 is 0. The second kappa shape index (κ2) is 8.73. The van der Waals surface area contributed by atoms with E-state index in [1.807, 2.05) is 0 Å². The fourth-order valence-corrected chi connectivity index (χ4v) is 0.839. The van der Waals surface area contributed by atoms with Crippen molar-refractivity contribution in [1.29, 1.82) is 0 Å². The van der Waals surface area contributed by atoms with Gasteiger partial charge in [-0.25, -0.2) is 0 Å². The van der Waals surface area contributed by atoms with Crippen molar-refractivity contribution in [2.75, 3.05) is 0 Å². The molecule has 0 saturated carbocycles. The molecule has 0 fully saturated rings. The second-order valence-corrected chi connectivity index (χ2v) is 2.06. The van der Waals surface area contributed by atoms with Gasteiger partial charge in [-0.05, 0) is 0 Å². The van der Waals surface area contributed by atoms with E-state index in [2.05, 4.69) is 0 Å². The van der Waals surface area contributed by atoms with Gasteiger partial charge in [-0.3, -0.25) is 0 Å². The summed E-state index contributed by atoms with van der Waals surface area (Å²) >= 11 is 0. The fourth-order valence-electron chi connectivity index (χ4n) is 0.839. The Bertz CT molecular complexity index is 193. The van der Waals surface area contributed by atoms with Crippen molar-refractivity contribution >= 4 is 0 Å². The van der Waals surface area contributed by atoms with Crippen molar-refractivity contribution in [2.24, 2.45) is 0 Å². The normalized spacial score (nSPS) is 8.17. The third kappa shape index (κ3) is 4.40. The Morgan fingerprint density at radius 2 is 1.17 bits per heavy atom. The average molecular weight is 182 g/mol. The maximum absolute atomic E-state index is 10.4. The quantitative estimate of drug-likeness (QED) is 0.427. The summed E-state index contributed by atoms with van der Waals surface area (Å²) in [4.78, 5) is 0. The van der Waals surface area contributed by atoms with Gasteiger partial charge in [0.2, 0.25) is 0 Å². The van der Waals surface area contributed by atoms with Crippen LogP contribution in [0, 0.1) is 0 Å². The summed E-state index contributed by atoms with van der Waals surface area (Å²) in [6.07, 6.45) is 0. The van der Waals surface area contributed by atoms with E-state index in [0.29, 0.717) is 11.1 Å². The van der Waals surface area contributed by atoms with Gasteiger partial charge < -0.3 is 10.2 Å². The molecule has 1 rings (SSSR count). The number of hydrogen-bond donors (Lipinski definition) is 0. The first-order valence-electron chi connectivity index (χ1n) is 3.11. The molecule has 0 spiro atoms. The van der Waals surface area contributed by atoms with Crippen LogP contribution in [0.1, 0.15) is 11.1 Å². The predicted molar refractivity (Wildman–Crippen MR) is 33.8 cm³/mol. The van der Waals surface area contributed by atoms with E-state index in [1.165, 1.54) is 0 Å². The van der Waals surface area contributed by atoms with E-state index in [9.17, 15) is 10.2 Å². The molecule has 0 bridgehead atoms. The van der Waals surface area contributed by atoms with Crippen LogP contribution >= 0.6 is 0 Å². The Morgan fingerprint density at radius 3 is 1.42 bits per heavy atom. The van der Waals surface area contributed by atoms with Crippen LogP contribution < -0.4 is 69.3 Å². The van der Waals surface area contributed by atoms with Gasteiger partial charge in [0, 0.05) is 0 Å². The van der Waals surface area contributed by atoms with Gasteiger partial charge in [0.15, 0.2) is 0 Å². The van der Waals surface area contributed by atoms with Gasteiger partial charge >= 0.3 is 59.1 Å². The van der Waals surface area contributed by atoms with E-state index in [4.69, 9.17) is 0 Å². The third-order valence-corrected chi connectivity index (χ3v) is 1.43. The van der Waals surface area contributed by atoms with E-state index >= 15 is 0 Å². The molecule has 0 unspecified atom stereocenters. The number of rotatable bonds is 2. The van der Waals surface area contributed by atoms with Crippen molar-refractivity contribution in [2.45, 2.75) is 13.2 Å². The molecule has 0 aliphatic carbocycles. The zero-order chi connectivity index (χ0) is 7.40. The van der Waals surface area contributed by atoms with Crippen LogP contribution in [-0.2, 0) is 13.2 Å². The molecule has 0 aromatic heterocycles. The molecule has 0 saturated heterocycles. The first kappa shape index (κ1) is 15.6. The van der Waals surface area contributed by atoms with Gasteiger partial charge in [-0.2, -0.15) is 0 Å². The van der Waals surface area contributed by atoms with E-state index in [1.54, 1.807) is 24.3 Å². The van der Waals surface area contributed by atoms with Crippen molar-refractivity contribution < 1.29 is 69.3 Å². The van der Waals surface area contributed by atoms with Crippen LogP contribution in [0.3, 0.4) is 0 Å². The molecule has 0 amide bonds. The Kier molecular flexibility index (Phi) is 11.3. The molecule has 0 radical (unpaired) electrons. The maximum atomic E-state index is 10.4. The zero-order valence-corrected chi connectivity index (χ0v) is 11.5. The van der Waals surface area contributed by atoms with Crippen molar-refractivity contribution in [3.8, 4) is 0 Å². The molecule has 0 aliphatic heterocycles. The van der Waals surface area contributed by atoms with Gasteiger partial charge in [0.05, 0.1) is 0 Å². The largest absolute Gasteiger partial charge is 1.00 e. The fraction of sp³-hybridized carbons (Fsp3) is 0.250. The summed E-state index contributed by atoms with van der Waals surface area (Å²) in [6, 6.07) is 6.93. The first-order valence-corrected chi connectivity index (χ1v) is 3.11. The standard InChI is InChI=1S/C8H8O2.2Na/c9-5-7-3-1-2-4-8(7)6-10;;/h1-4H,5-6H2;;/q-2;2*+1. The van der Waals surface area contributed by atoms with Crippen LogP contribution in [0.5, 0.6) is 0 Å². The van der Waals surface area contributed by atoms with Crippen molar-refractivity contribution in [1.82, 2.24) is 0 Å². The van der Waals surface area contributed by atoms with Gasteiger partial charge in [0.25, 0.3) is 0 Å². The van der Waals surface area contributed by atoms with E-state index in [-0.39, 0.29) is 72.3 Å². The van der Waals surface area contributed by atoms with E-state index < -0.39 is 0 Å². The van der Waals surface area contributed by atoms with Gasteiger partial charge in [-0.15, -0.1) is 13.2 Å². The Hall–Kier alpha value is 1.14. The summed E-state index contributed by atoms with van der Waals surface area (Å²) in [5.74, 6) is 0. The SMILES string of the molecule is [Na+].[Na+].[O-]Cc1ccccc1C[O-]. The Labute approximate surface area is 117 Å². The second-order valence-electron chi connectivity index (χ2n) is 2.06. The number of benzene rings is 1. The third-order valence-electron chi connectivity index (χ3n) is 1.43. The summed E-state index contributed by atoms with van der Waals surface area (Å²) in [7, 11) is 0. The molecule has 0 atom stereocenters. The molecule has 2 nitrogen and oxygen atoms in total. The molecular formula is C8H8Na2O2. The minimum absolute atomic E-state index is 0. The van der Waals surface area contributed by atoms with Gasteiger partial charge in [0.1, 0.15) is 0 Å². The van der Waals surface area contributed by atoms with Gasteiger partial charge in [-0.1, -0.05) is 35.4 Å². The van der Waals surface area contributed by atoms with Crippen LogP contribution in [0.2, 0.25) is 0 Å². The molecule has 1 aromatic rings. The molecule has 54 valence electrons. The summed E-state index contributed by atoms with van der Waals surface area (Å²) in [5, 5.41) is 20.7. The summed E-state index contributed by atoms with van der Waals surface area (Å²) in [5.41, 5.74) is 1.25. The monoisotopic (exact) mass is 182 g/mol. The molecule has 0 N–H and O–H groups in total. The first-order chi connectivity index (χ1) is 4.88. The molecule has 1 aromatic carbocycles. The van der Waals surface area contributed by atoms with Crippen LogP contribution in [-0.4, -0.2) is 0 Å². The topological polar surface area (TPSA) is 46.1 Å².